The summed E-state index contributed by atoms with van der Waals surface area (Å²) in [4.78, 5) is 19.0. The van der Waals surface area contributed by atoms with Gasteiger partial charge in [0.2, 0.25) is 0 Å². The van der Waals surface area contributed by atoms with Crippen molar-refractivity contribution in [2.24, 2.45) is 0 Å². The molecule has 0 spiro atoms. The van der Waals surface area contributed by atoms with E-state index >= 15 is 0 Å². The smallest absolute Gasteiger partial charge is 0.262 e. The van der Waals surface area contributed by atoms with E-state index in [9.17, 15) is 13.2 Å². The van der Waals surface area contributed by atoms with Gasteiger partial charge in [-0.2, -0.15) is 0 Å². The number of fused-ring (bicyclic) bond motifs is 1. The Morgan fingerprint density at radius 3 is 2.63 bits per heavy atom. The fourth-order valence-electron chi connectivity index (χ4n) is 4.59. The zero-order valence-electron chi connectivity index (χ0n) is 23.2. The van der Waals surface area contributed by atoms with Gasteiger partial charge in [-0.15, -0.1) is 11.3 Å². The van der Waals surface area contributed by atoms with Gasteiger partial charge in [0.1, 0.15) is 12.7 Å². The Labute approximate surface area is 243 Å². The van der Waals surface area contributed by atoms with E-state index in [-0.39, 0.29) is 30.1 Å². The third kappa shape index (κ3) is 6.85. The van der Waals surface area contributed by atoms with Crippen molar-refractivity contribution < 1.29 is 27.4 Å². The standard InChI is InChI=1S/C29H32N4O6S2/c1-29(2)38-16-21(39-29)15-37-17-27(34)31-28-30-24(18-40-28)19-8-5-9-20(14-19)32-41(35,36)26-13-7-10-22-23(26)11-6-12-25(22)33(3)4/h5-14,18,21,32H,15-17H2,1-4H3,(H,30,31,34). The van der Waals surface area contributed by atoms with Gasteiger partial charge in [0.05, 0.1) is 23.8 Å². The van der Waals surface area contributed by atoms with Crippen molar-refractivity contribution in [3.05, 3.63) is 66.0 Å². The van der Waals surface area contributed by atoms with Gasteiger partial charge < -0.3 is 19.1 Å². The highest BCUT2D eigenvalue weighted by Gasteiger charge is 2.32. The van der Waals surface area contributed by atoms with Crippen LogP contribution in [-0.4, -0.2) is 65.1 Å². The summed E-state index contributed by atoms with van der Waals surface area (Å²) in [5.41, 5.74) is 2.64. The summed E-state index contributed by atoms with van der Waals surface area (Å²) in [5.74, 6) is -0.977. The van der Waals surface area contributed by atoms with Crippen molar-refractivity contribution in [3.63, 3.8) is 0 Å². The van der Waals surface area contributed by atoms with E-state index in [0.717, 1.165) is 11.1 Å². The minimum atomic E-state index is -3.89. The molecule has 1 aliphatic rings. The first-order valence-electron chi connectivity index (χ1n) is 13.0. The SMILES string of the molecule is CN(C)c1cccc2c(S(=O)(=O)Nc3cccc(-c4csc(NC(=O)COCC5COC(C)(C)O5)n4)c3)cccc12. The maximum Gasteiger partial charge on any atom is 0.262 e. The molecule has 1 amide bonds. The molecule has 3 aromatic carbocycles. The quantitative estimate of drug-likeness (QED) is 0.264. The van der Waals surface area contributed by atoms with Crippen LogP contribution in [0.15, 0.2) is 70.9 Å². The van der Waals surface area contributed by atoms with Gasteiger partial charge in [0.15, 0.2) is 10.9 Å². The van der Waals surface area contributed by atoms with E-state index in [1.807, 2.05) is 57.1 Å². The Morgan fingerprint density at radius 2 is 1.88 bits per heavy atom. The number of aromatic nitrogens is 1. The molecule has 2 heterocycles. The molecule has 0 radical (unpaired) electrons. The first-order chi connectivity index (χ1) is 19.5. The second-order valence-corrected chi connectivity index (χ2v) is 12.8. The van der Waals surface area contributed by atoms with Gasteiger partial charge >= 0.3 is 0 Å². The number of carbonyl (C=O) groups is 1. The molecule has 1 unspecified atom stereocenters. The van der Waals surface area contributed by atoms with Crippen LogP contribution in [0, 0.1) is 0 Å². The van der Waals surface area contributed by atoms with Crippen molar-refractivity contribution in [2.75, 3.05) is 48.9 Å². The molecule has 1 atom stereocenters. The molecular weight excluding hydrogens is 564 g/mol. The van der Waals surface area contributed by atoms with Crippen LogP contribution < -0.4 is 14.9 Å². The molecular formula is C29H32N4O6S2. The van der Waals surface area contributed by atoms with Crippen LogP contribution in [0.3, 0.4) is 0 Å². The number of sulfonamides is 1. The average Bonchev–Trinajstić information content (AvgIpc) is 3.53. The molecule has 1 fully saturated rings. The van der Waals surface area contributed by atoms with E-state index in [4.69, 9.17) is 14.2 Å². The summed E-state index contributed by atoms with van der Waals surface area (Å²) in [6, 6.07) is 17.8. The zero-order valence-corrected chi connectivity index (χ0v) is 24.8. The Balaban J connectivity index is 1.24. The lowest BCUT2D eigenvalue weighted by Crippen LogP contribution is -2.26. The number of thiazole rings is 1. The number of benzene rings is 3. The maximum absolute atomic E-state index is 13.5. The van der Waals surface area contributed by atoms with Crippen LogP contribution in [0.2, 0.25) is 0 Å². The maximum atomic E-state index is 13.5. The molecule has 12 heteroatoms. The summed E-state index contributed by atoms with van der Waals surface area (Å²) in [5, 5.41) is 6.43. The van der Waals surface area contributed by atoms with Gasteiger partial charge in [-0.3, -0.25) is 14.8 Å². The first-order valence-corrected chi connectivity index (χ1v) is 15.3. The van der Waals surface area contributed by atoms with E-state index in [0.29, 0.717) is 34.1 Å². The van der Waals surface area contributed by atoms with Crippen LogP contribution in [0.5, 0.6) is 0 Å². The normalized spacial score (nSPS) is 16.5. The third-order valence-corrected chi connectivity index (χ3v) is 8.59. The monoisotopic (exact) mass is 596 g/mol. The Morgan fingerprint density at radius 1 is 1.12 bits per heavy atom. The molecule has 1 aliphatic heterocycles. The molecule has 4 aromatic rings. The number of anilines is 3. The predicted octanol–water partition coefficient (Wildman–Crippen LogP) is 4.94. The Bertz CT molecular complexity index is 1670. The third-order valence-electron chi connectivity index (χ3n) is 6.40. The van der Waals surface area contributed by atoms with E-state index in [1.54, 1.807) is 41.8 Å². The van der Waals surface area contributed by atoms with E-state index in [2.05, 4.69) is 15.0 Å². The largest absolute Gasteiger partial charge is 0.377 e. The zero-order chi connectivity index (χ0) is 29.2. The van der Waals surface area contributed by atoms with Gasteiger partial charge in [0, 0.05) is 47.2 Å². The van der Waals surface area contributed by atoms with Crippen molar-refractivity contribution in [1.29, 1.82) is 0 Å². The minimum Gasteiger partial charge on any atom is -0.377 e. The lowest BCUT2D eigenvalue weighted by Gasteiger charge is -2.17. The summed E-state index contributed by atoms with van der Waals surface area (Å²) >= 11 is 1.27. The van der Waals surface area contributed by atoms with Crippen molar-refractivity contribution in [2.45, 2.75) is 30.6 Å². The first kappa shape index (κ1) is 29.0. The summed E-state index contributed by atoms with van der Waals surface area (Å²) in [7, 11) is -0.0428. The van der Waals surface area contributed by atoms with E-state index in [1.165, 1.54) is 11.3 Å². The van der Waals surface area contributed by atoms with Crippen LogP contribution >= 0.6 is 11.3 Å². The highest BCUT2D eigenvalue weighted by atomic mass is 32.2. The number of nitrogens with one attached hydrogen (secondary N) is 2. The molecule has 216 valence electrons. The molecule has 1 aromatic heterocycles. The van der Waals surface area contributed by atoms with Gasteiger partial charge in [-0.1, -0.05) is 36.4 Å². The van der Waals surface area contributed by atoms with Crippen LogP contribution in [-0.2, 0) is 29.0 Å². The number of nitrogens with zero attached hydrogens (tertiary/aromatic N) is 2. The van der Waals surface area contributed by atoms with Crippen LogP contribution in [0.1, 0.15) is 13.8 Å². The lowest BCUT2D eigenvalue weighted by molar-refractivity contribution is -0.146. The fourth-order valence-corrected chi connectivity index (χ4v) is 6.60. The second kappa shape index (κ2) is 11.7. The predicted molar refractivity (Wildman–Crippen MR) is 161 cm³/mol. The highest BCUT2D eigenvalue weighted by Crippen LogP contribution is 2.32. The number of ether oxygens (including phenoxy) is 3. The molecule has 41 heavy (non-hydrogen) atoms. The van der Waals surface area contributed by atoms with Gasteiger partial charge in [-0.05, 0) is 38.1 Å². The lowest BCUT2D eigenvalue weighted by atomic mass is 10.1. The Kier molecular flexibility index (Phi) is 8.30. The van der Waals surface area contributed by atoms with Crippen LogP contribution in [0.25, 0.3) is 22.0 Å². The minimum absolute atomic E-state index is 0.142. The van der Waals surface area contributed by atoms with Crippen molar-refractivity contribution in [1.82, 2.24) is 4.98 Å². The highest BCUT2D eigenvalue weighted by molar-refractivity contribution is 7.93. The molecule has 0 bridgehead atoms. The van der Waals surface area contributed by atoms with Gasteiger partial charge in [-0.25, -0.2) is 13.4 Å². The molecule has 10 nitrogen and oxygen atoms in total. The fraction of sp³-hybridized carbons (Fsp3) is 0.310. The van der Waals surface area contributed by atoms with Crippen LogP contribution in [0.4, 0.5) is 16.5 Å². The topological polar surface area (TPSA) is 119 Å². The van der Waals surface area contributed by atoms with Crippen molar-refractivity contribution >= 4 is 54.5 Å². The molecule has 1 saturated heterocycles. The summed E-state index contributed by atoms with van der Waals surface area (Å²) in [6.45, 7) is 4.18. The number of amides is 1. The number of carbonyl (C=O) groups excluding carboxylic acids is 1. The number of rotatable bonds is 10. The van der Waals surface area contributed by atoms with Crippen molar-refractivity contribution in [3.8, 4) is 11.3 Å². The van der Waals surface area contributed by atoms with E-state index < -0.39 is 15.8 Å². The number of hydrogen-bond donors (Lipinski definition) is 2. The molecule has 0 saturated carbocycles. The summed E-state index contributed by atoms with van der Waals surface area (Å²) in [6.07, 6.45) is -0.218. The molecule has 5 rings (SSSR count). The molecule has 0 aliphatic carbocycles. The van der Waals surface area contributed by atoms with Gasteiger partial charge in [0.25, 0.3) is 15.9 Å². The summed E-state index contributed by atoms with van der Waals surface area (Å²) < 4.78 is 46.2. The molecule has 2 N–H and O–H groups in total. The Hall–Kier alpha value is -3.55. The average molecular weight is 597 g/mol. The second-order valence-electron chi connectivity index (χ2n) is 10.3. The number of hydrogen-bond acceptors (Lipinski definition) is 9.